The van der Waals surface area contributed by atoms with Gasteiger partial charge in [-0.1, -0.05) is 28.8 Å². The van der Waals surface area contributed by atoms with E-state index in [1.807, 2.05) is 19.9 Å². The molecule has 0 spiro atoms. The molecule has 0 aromatic heterocycles. The number of ketones is 2. The molecule has 0 bridgehead atoms. The fourth-order valence-electron chi connectivity index (χ4n) is 2.78. The van der Waals surface area contributed by atoms with E-state index in [1.165, 1.54) is 11.6 Å². The molecule has 3 aromatic rings. The molecule has 0 unspecified atom stereocenters. The number of rotatable bonds is 9. The highest BCUT2D eigenvalue weighted by Gasteiger charge is 2.12. The number of allylic oxidation sites excluding steroid dienone is 1. The van der Waals surface area contributed by atoms with Crippen molar-refractivity contribution >= 4 is 34.8 Å². The van der Waals surface area contributed by atoms with Crippen molar-refractivity contribution in [3.05, 3.63) is 105 Å². The summed E-state index contributed by atoms with van der Waals surface area (Å²) in [6, 6.07) is 18.4. The summed E-state index contributed by atoms with van der Waals surface area (Å²) in [7, 11) is 0. The molecule has 32 heavy (non-hydrogen) atoms. The molecule has 0 radical (unpaired) electrons. The highest BCUT2D eigenvalue weighted by Crippen LogP contribution is 2.23. The van der Waals surface area contributed by atoms with Gasteiger partial charge in [0.05, 0.1) is 10.0 Å². The summed E-state index contributed by atoms with van der Waals surface area (Å²) in [5.74, 6) is 0.849. The lowest BCUT2D eigenvalue weighted by molar-refractivity contribution is 0.0920. The van der Waals surface area contributed by atoms with Crippen LogP contribution in [-0.4, -0.2) is 24.8 Å². The Morgan fingerprint density at radius 2 is 1.28 bits per heavy atom. The third-order valence-corrected chi connectivity index (χ3v) is 5.33. The van der Waals surface area contributed by atoms with E-state index in [-0.39, 0.29) is 18.2 Å². The quantitative estimate of drug-likeness (QED) is 0.255. The first kappa shape index (κ1) is 23.6. The molecule has 0 saturated heterocycles. The van der Waals surface area contributed by atoms with Crippen molar-refractivity contribution in [2.45, 2.75) is 13.8 Å². The Morgan fingerprint density at radius 3 is 1.81 bits per heavy atom. The third-order valence-electron chi connectivity index (χ3n) is 4.59. The summed E-state index contributed by atoms with van der Waals surface area (Å²) >= 11 is 11.8. The van der Waals surface area contributed by atoms with Crippen molar-refractivity contribution in [1.82, 2.24) is 0 Å². The number of benzene rings is 3. The molecule has 0 fully saturated rings. The Morgan fingerprint density at radius 1 is 0.750 bits per heavy atom. The lowest BCUT2D eigenvalue weighted by atomic mass is 10.0. The highest BCUT2D eigenvalue weighted by atomic mass is 35.5. The van der Waals surface area contributed by atoms with Crippen LogP contribution in [0.2, 0.25) is 10.0 Å². The summed E-state index contributed by atoms with van der Waals surface area (Å²) in [5, 5.41) is 0.697. The first-order chi connectivity index (χ1) is 15.3. The zero-order chi connectivity index (χ0) is 23.1. The maximum absolute atomic E-state index is 12.7. The molecule has 164 valence electrons. The van der Waals surface area contributed by atoms with Gasteiger partial charge in [0.25, 0.3) is 0 Å². The van der Waals surface area contributed by atoms with Gasteiger partial charge >= 0.3 is 0 Å². The standard InChI is InChI=1S/C26H22Cl2O4/c1-17(2)13-14-31-21-8-3-18(4-9-21)26(30)19-5-10-22(11-6-19)32-16-25(29)20-7-12-23(27)24(28)15-20/h3-13,15H,14,16H2,1-2H3. The summed E-state index contributed by atoms with van der Waals surface area (Å²) in [6.45, 7) is 4.36. The Hall–Kier alpha value is -3.08. The lowest BCUT2D eigenvalue weighted by Crippen LogP contribution is -2.11. The van der Waals surface area contributed by atoms with E-state index < -0.39 is 0 Å². The van der Waals surface area contributed by atoms with E-state index in [0.717, 1.165) is 0 Å². The Kier molecular flexibility index (Phi) is 8.09. The molecule has 6 heteroatoms. The van der Waals surface area contributed by atoms with E-state index in [1.54, 1.807) is 60.7 Å². The second-order valence-corrected chi connectivity index (χ2v) is 8.13. The zero-order valence-corrected chi connectivity index (χ0v) is 19.2. The van der Waals surface area contributed by atoms with Gasteiger partial charge in [0, 0.05) is 16.7 Å². The van der Waals surface area contributed by atoms with Crippen molar-refractivity contribution in [1.29, 1.82) is 0 Å². The van der Waals surface area contributed by atoms with Crippen LogP contribution in [0.15, 0.2) is 78.4 Å². The first-order valence-corrected chi connectivity index (χ1v) is 10.7. The van der Waals surface area contributed by atoms with Crippen molar-refractivity contribution < 1.29 is 19.1 Å². The van der Waals surface area contributed by atoms with Gasteiger partial charge < -0.3 is 9.47 Å². The Balaban J connectivity index is 1.57. The molecule has 0 aliphatic carbocycles. The van der Waals surface area contributed by atoms with Gasteiger partial charge in [-0.05, 0) is 86.7 Å². The van der Waals surface area contributed by atoms with Crippen molar-refractivity contribution in [3.8, 4) is 11.5 Å². The molecule has 0 saturated carbocycles. The number of Topliss-reactive ketones (excluding diaryl/α,β-unsaturated/α-hetero) is 1. The molecule has 0 heterocycles. The van der Waals surface area contributed by atoms with Crippen LogP contribution in [0.3, 0.4) is 0 Å². The molecule has 4 nitrogen and oxygen atoms in total. The minimum Gasteiger partial charge on any atom is -0.490 e. The molecule has 0 atom stereocenters. The summed E-state index contributed by atoms with van der Waals surface area (Å²) in [5.41, 5.74) is 2.68. The fourth-order valence-corrected chi connectivity index (χ4v) is 3.08. The van der Waals surface area contributed by atoms with Crippen LogP contribution in [-0.2, 0) is 0 Å². The Labute approximate surface area is 197 Å². The van der Waals surface area contributed by atoms with Crippen LogP contribution in [0.1, 0.15) is 40.1 Å². The third kappa shape index (κ3) is 6.46. The predicted octanol–water partition coefficient (Wildman–Crippen LogP) is 6.83. The molecule has 3 rings (SSSR count). The van der Waals surface area contributed by atoms with Gasteiger partial charge in [0.2, 0.25) is 0 Å². The summed E-state index contributed by atoms with van der Waals surface area (Å²) < 4.78 is 11.2. The van der Waals surface area contributed by atoms with E-state index in [0.29, 0.717) is 44.8 Å². The van der Waals surface area contributed by atoms with E-state index in [4.69, 9.17) is 32.7 Å². The van der Waals surface area contributed by atoms with Crippen LogP contribution in [0, 0.1) is 0 Å². The minimum atomic E-state index is -0.226. The van der Waals surface area contributed by atoms with E-state index in [9.17, 15) is 9.59 Å². The monoisotopic (exact) mass is 468 g/mol. The van der Waals surface area contributed by atoms with Gasteiger partial charge in [0.15, 0.2) is 18.2 Å². The molecule has 0 amide bonds. The van der Waals surface area contributed by atoms with Crippen LogP contribution < -0.4 is 9.47 Å². The number of halogens is 2. The van der Waals surface area contributed by atoms with Gasteiger partial charge in [0.1, 0.15) is 18.1 Å². The normalized spacial score (nSPS) is 10.4. The second kappa shape index (κ2) is 11.0. The van der Waals surface area contributed by atoms with Crippen LogP contribution in [0.4, 0.5) is 0 Å². The largest absolute Gasteiger partial charge is 0.490 e. The summed E-state index contributed by atoms with van der Waals surface area (Å²) in [6.07, 6.45) is 1.99. The SMILES string of the molecule is CC(C)=CCOc1ccc(C(=O)c2ccc(OCC(=O)c3ccc(Cl)c(Cl)c3)cc2)cc1. The van der Waals surface area contributed by atoms with Crippen LogP contribution in [0.5, 0.6) is 11.5 Å². The molecule has 3 aromatic carbocycles. The van der Waals surface area contributed by atoms with Gasteiger partial charge in [-0.15, -0.1) is 0 Å². The van der Waals surface area contributed by atoms with Gasteiger partial charge in [-0.25, -0.2) is 0 Å². The first-order valence-electron chi connectivity index (χ1n) is 9.95. The number of carbonyl (C=O) groups excluding carboxylic acids is 2. The average molecular weight is 469 g/mol. The smallest absolute Gasteiger partial charge is 0.200 e. The zero-order valence-electron chi connectivity index (χ0n) is 17.7. The van der Waals surface area contributed by atoms with Crippen LogP contribution in [0.25, 0.3) is 0 Å². The van der Waals surface area contributed by atoms with Gasteiger partial charge in [-0.3, -0.25) is 9.59 Å². The maximum atomic E-state index is 12.7. The van der Waals surface area contributed by atoms with Gasteiger partial charge in [-0.2, -0.15) is 0 Å². The van der Waals surface area contributed by atoms with Crippen molar-refractivity contribution in [3.63, 3.8) is 0 Å². The maximum Gasteiger partial charge on any atom is 0.200 e. The molecular weight excluding hydrogens is 447 g/mol. The van der Waals surface area contributed by atoms with Crippen molar-refractivity contribution in [2.75, 3.05) is 13.2 Å². The average Bonchev–Trinajstić information content (AvgIpc) is 2.79. The number of hydrogen-bond acceptors (Lipinski definition) is 4. The topological polar surface area (TPSA) is 52.6 Å². The highest BCUT2D eigenvalue weighted by molar-refractivity contribution is 6.42. The van der Waals surface area contributed by atoms with E-state index >= 15 is 0 Å². The minimum absolute atomic E-state index is 0.112. The number of carbonyl (C=O) groups is 2. The van der Waals surface area contributed by atoms with Crippen molar-refractivity contribution in [2.24, 2.45) is 0 Å². The summed E-state index contributed by atoms with van der Waals surface area (Å²) in [4.78, 5) is 25.0. The molecule has 0 aliphatic rings. The molecular formula is C26H22Cl2O4. The fraction of sp³-hybridized carbons (Fsp3) is 0.154. The lowest BCUT2D eigenvalue weighted by Gasteiger charge is -2.08. The Bertz CT molecular complexity index is 1130. The number of hydrogen-bond donors (Lipinski definition) is 0. The molecule has 0 aliphatic heterocycles. The number of ether oxygens (including phenoxy) is 2. The predicted molar refractivity (Wildman–Crippen MR) is 128 cm³/mol. The second-order valence-electron chi connectivity index (χ2n) is 7.31. The molecule has 0 N–H and O–H groups in total. The van der Waals surface area contributed by atoms with E-state index in [2.05, 4.69) is 0 Å². The van der Waals surface area contributed by atoms with Crippen LogP contribution >= 0.6 is 23.2 Å².